The topological polar surface area (TPSA) is 192 Å². The Bertz CT molecular complexity index is 2320. The zero-order valence-corrected chi connectivity index (χ0v) is 44.2. The van der Waals surface area contributed by atoms with Gasteiger partial charge in [0, 0.05) is 56.3 Å². The van der Waals surface area contributed by atoms with Crippen LogP contribution >= 0.6 is 0 Å². The third kappa shape index (κ3) is 15.4. The smallest absolute Gasteiger partial charge is 0.412 e. The number of carbonyl (C=O) groups is 2. The molecule has 2 amide bonds. The summed E-state index contributed by atoms with van der Waals surface area (Å²) in [6, 6.07) is 18.4. The summed E-state index contributed by atoms with van der Waals surface area (Å²) < 4.78 is 26.1. The fraction of sp³-hybridized carbons (Fsp3) is 0.576. The monoisotopic (exact) mass is 1020 g/mol. The number of allylic oxidation sites excluding steroid dienone is 1. The number of rotatable bonds is 33. The molecule has 3 aromatic carbocycles. The second-order valence-corrected chi connectivity index (χ2v) is 20.1. The highest BCUT2D eigenvalue weighted by molar-refractivity contribution is 6.03. The van der Waals surface area contributed by atoms with Gasteiger partial charge in [-0.2, -0.15) is 0 Å². The van der Waals surface area contributed by atoms with Crippen LogP contribution in [0.5, 0.6) is 17.2 Å². The average Bonchev–Trinajstić information content (AvgIpc) is 3.41. The molecule has 0 unspecified atom stereocenters. The van der Waals surface area contributed by atoms with E-state index < -0.39 is 28.8 Å². The van der Waals surface area contributed by atoms with Gasteiger partial charge in [0.25, 0.3) is 5.69 Å². The molecular weight excluding hydrogens is 941 g/mol. The zero-order valence-electron chi connectivity index (χ0n) is 44.2. The van der Waals surface area contributed by atoms with E-state index in [0.717, 1.165) is 61.6 Å². The number of nitro groups is 1. The molecule has 1 aliphatic heterocycles. The first kappa shape index (κ1) is 57.5. The highest BCUT2D eigenvalue weighted by atomic mass is 16.7. The Morgan fingerprint density at radius 1 is 0.878 bits per heavy atom. The molecule has 404 valence electrons. The van der Waals surface area contributed by atoms with E-state index in [1.807, 2.05) is 48.2 Å². The molecule has 0 radical (unpaired) electrons. The lowest BCUT2D eigenvalue weighted by Gasteiger charge is -2.60. The van der Waals surface area contributed by atoms with Crippen molar-refractivity contribution in [2.75, 3.05) is 40.0 Å². The van der Waals surface area contributed by atoms with Gasteiger partial charge in [0.05, 0.1) is 36.7 Å². The van der Waals surface area contributed by atoms with Crippen LogP contribution in [-0.4, -0.2) is 89.6 Å². The highest BCUT2D eigenvalue weighted by Crippen LogP contribution is 2.62. The van der Waals surface area contributed by atoms with Gasteiger partial charge in [-0.15, -0.1) is 6.58 Å². The molecule has 6 rings (SSSR count). The molecular formula is C59H82N4O11. The van der Waals surface area contributed by atoms with Crippen LogP contribution in [0.15, 0.2) is 96.2 Å². The second-order valence-electron chi connectivity index (χ2n) is 20.1. The third-order valence-electron chi connectivity index (χ3n) is 14.9. The molecule has 15 nitrogen and oxygen atoms in total. The SMILES string of the molecule is C=CCO[C@@]12Oc3ccc(OC(=O)NCCCCCCCCCCCC)cc3[C@H]3[C@H](CCCCO)[C@@H](CCCCO)C=C(C(=NOCc4ccc([N+](=O)[O-])cc4)C[C@@H]1N(CCC)C(=O)Cc1cccc(OC)c1)[C@H]32. The van der Waals surface area contributed by atoms with Gasteiger partial charge >= 0.3 is 6.09 Å². The van der Waals surface area contributed by atoms with Gasteiger partial charge in [-0.1, -0.05) is 114 Å². The fourth-order valence-electron chi connectivity index (χ4n) is 11.3. The van der Waals surface area contributed by atoms with Crippen LogP contribution in [0.25, 0.3) is 0 Å². The van der Waals surface area contributed by atoms with E-state index in [1.54, 1.807) is 31.4 Å². The maximum Gasteiger partial charge on any atom is 0.412 e. The summed E-state index contributed by atoms with van der Waals surface area (Å²) in [7, 11) is 1.60. The van der Waals surface area contributed by atoms with E-state index in [1.165, 1.54) is 57.1 Å². The number of nitrogens with zero attached hydrogens (tertiary/aromatic N) is 3. The first-order valence-corrected chi connectivity index (χ1v) is 27.4. The van der Waals surface area contributed by atoms with Crippen molar-refractivity contribution in [3.63, 3.8) is 0 Å². The number of unbranched alkanes of at least 4 members (excludes halogenated alkanes) is 11. The number of aliphatic hydroxyl groups is 2. The maximum atomic E-state index is 15.1. The number of methoxy groups -OCH3 is 1. The summed E-state index contributed by atoms with van der Waals surface area (Å²) in [5.74, 6) is -1.04. The number of ether oxygens (including phenoxy) is 4. The number of nitrogens with one attached hydrogen (secondary N) is 1. The molecule has 6 atom stereocenters. The molecule has 0 saturated heterocycles. The van der Waals surface area contributed by atoms with E-state index in [2.05, 4.69) is 24.9 Å². The van der Waals surface area contributed by atoms with Crippen LogP contribution < -0.4 is 19.5 Å². The molecule has 0 bridgehead atoms. The Balaban J connectivity index is 1.42. The molecule has 74 heavy (non-hydrogen) atoms. The number of aliphatic hydroxyl groups excluding tert-OH is 2. The van der Waals surface area contributed by atoms with Gasteiger partial charge in [-0.3, -0.25) is 14.9 Å². The van der Waals surface area contributed by atoms with Gasteiger partial charge in [0.2, 0.25) is 11.7 Å². The summed E-state index contributed by atoms with van der Waals surface area (Å²) in [5.41, 5.74) is 3.75. The normalized spacial score (nSPS) is 21.1. The second kappa shape index (κ2) is 29.9. The van der Waals surface area contributed by atoms with Crippen molar-refractivity contribution in [3.8, 4) is 17.2 Å². The molecule has 3 aromatic rings. The number of carbonyl (C=O) groups excluding carboxylic acids is 2. The Morgan fingerprint density at radius 3 is 2.27 bits per heavy atom. The van der Waals surface area contributed by atoms with Gasteiger partial charge in [0.15, 0.2) is 0 Å². The number of benzene rings is 3. The minimum Gasteiger partial charge on any atom is -0.497 e. The minimum atomic E-state index is -1.48. The van der Waals surface area contributed by atoms with E-state index >= 15 is 4.79 Å². The minimum absolute atomic E-state index is 0.0219. The van der Waals surface area contributed by atoms with Crippen molar-refractivity contribution in [1.82, 2.24) is 10.2 Å². The molecule has 3 N–H and O–H groups in total. The van der Waals surface area contributed by atoms with Crippen molar-refractivity contribution in [2.24, 2.45) is 22.9 Å². The van der Waals surface area contributed by atoms with Crippen molar-refractivity contribution >= 4 is 23.4 Å². The van der Waals surface area contributed by atoms with Crippen molar-refractivity contribution < 1.29 is 48.5 Å². The Kier molecular flexibility index (Phi) is 23.3. The molecule has 0 aromatic heterocycles. The number of hydrogen-bond acceptors (Lipinski definition) is 12. The number of fused-ring (bicyclic) bond motifs is 2. The maximum absolute atomic E-state index is 15.1. The van der Waals surface area contributed by atoms with Crippen LogP contribution in [-0.2, 0) is 27.4 Å². The van der Waals surface area contributed by atoms with Crippen LogP contribution in [0.2, 0.25) is 0 Å². The predicted molar refractivity (Wildman–Crippen MR) is 287 cm³/mol. The van der Waals surface area contributed by atoms with Crippen molar-refractivity contribution in [1.29, 1.82) is 0 Å². The Morgan fingerprint density at radius 2 is 1.59 bits per heavy atom. The average molecular weight is 1020 g/mol. The lowest BCUT2D eigenvalue weighted by molar-refractivity contribution is -0.384. The van der Waals surface area contributed by atoms with E-state index in [9.17, 15) is 25.1 Å². The number of amides is 2. The largest absolute Gasteiger partial charge is 0.497 e. The Labute approximate surface area is 438 Å². The molecule has 2 aliphatic carbocycles. The molecule has 1 heterocycles. The number of oxime groups is 1. The molecule has 0 spiro atoms. The van der Waals surface area contributed by atoms with Crippen LogP contribution in [0.4, 0.5) is 10.5 Å². The molecule has 15 heteroatoms. The van der Waals surface area contributed by atoms with E-state index in [-0.39, 0.29) is 68.6 Å². The van der Waals surface area contributed by atoms with Gasteiger partial charge < -0.3 is 44.2 Å². The summed E-state index contributed by atoms with van der Waals surface area (Å²) in [6.45, 7) is 9.44. The van der Waals surface area contributed by atoms with Gasteiger partial charge in [0.1, 0.15) is 29.9 Å². The summed E-state index contributed by atoms with van der Waals surface area (Å²) in [5, 5.41) is 39.4. The standard InChI is InChI=1S/C59H82N4O11/c1-5-8-9-10-11-12-13-14-15-18-32-60-58(67)73-48-30-31-53-51(40-48)56-49(25-17-20-35-65)45(23-16-19-34-64)39-50-52(61-72-42-43-26-28-46(29-27-43)63(68)69)41-54(59(74-53,57(50)56)71-36-7-3)62(33-6-2)55(66)38-44-22-21-24-47(37-44)70-4/h7,21-22,24,26-31,37,39-40,45,49,54,56-57,64-65H,3,5-6,8-20,23,25,32-36,38,41-42H2,1-2,4H3,(H,60,67)/t45-,49+,54-,56+,57+,59+/m0/s1. The van der Waals surface area contributed by atoms with Crippen LogP contribution in [0, 0.1) is 27.9 Å². The highest BCUT2D eigenvalue weighted by Gasteiger charge is 2.65. The summed E-state index contributed by atoms with van der Waals surface area (Å²) >= 11 is 0. The first-order chi connectivity index (χ1) is 36.1. The number of non-ortho nitro benzene ring substituents is 1. The third-order valence-corrected chi connectivity index (χ3v) is 14.9. The lowest BCUT2D eigenvalue weighted by atomic mass is 9.55. The first-order valence-electron chi connectivity index (χ1n) is 27.4. The fourth-order valence-corrected chi connectivity index (χ4v) is 11.3. The van der Waals surface area contributed by atoms with E-state index in [4.69, 9.17) is 28.9 Å². The quantitative estimate of drug-likeness (QED) is 0.0228. The summed E-state index contributed by atoms with van der Waals surface area (Å²) in [4.78, 5) is 47.6. The predicted octanol–water partition coefficient (Wildman–Crippen LogP) is 11.9. The van der Waals surface area contributed by atoms with E-state index in [0.29, 0.717) is 60.9 Å². The zero-order chi connectivity index (χ0) is 52.7. The van der Waals surface area contributed by atoms with Crippen LogP contribution in [0.3, 0.4) is 0 Å². The molecule has 1 saturated carbocycles. The Hall–Kier alpha value is -5.77. The molecule has 3 aliphatic rings. The summed E-state index contributed by atoms with van der Waals surface area (Å²) in [6.07, 6.45) is 20.5. The molecule has 1 fully saturated rings. The number of nitro benzene ring substituents is 1. The van der Waals surface area contributed by atoms with Gasteiger partial charge in [-0.25, -0.2) is 4.79 Å². The number of hydrogen-bond donors (Lipinski definition) is 3. The van der Waals surface area contributed by atoms with Crippen LogP contribution in [0.1, 0.15) is 152 Å². The van der Waals surface area contributed by atoms with Crippen molar-refractivity contribution in [3.05, 3.63) is 118 Å². The van der Waals surface area contributed by atoms with Gasteiger partial charge in [-0.05, 0) is 110 Å². The lowest BCUT2D eigenvalue weighted by Crippen LogP contribution is -2.70. The van der Waals surface area contributed by atoms with Crippen molar-refractivity contribution in [2.45, 2.75) is 160 Å².